The molecule has 0 spiro atoms. The Morgan fingerprint density at radius 3 is 3.00 bits per heavy atom. The van der Waals surface area contributed by atoms with E-state index in [2.05, 4.69) is 5.32 Å². The van der Waals surface area contributed by atoms with Gasteiger partial charge in [0.2, 0.25) is 0 Å². The minimum Gasteiger partial charge on any atom is -0.481 e. The highest BCUT2D eigenvalue weighted by Gasteiger charge is 2.23. The molecule has 11 heavy (non-hydrogen) atoms. The van der Waals surface area contributed by atoms with Crippen molar-refractivity contribution < 1.29 is 9.90 Å². The zero-order valence-corrected chi connectivity index (χ0v) is 6.42. The Morgan fingerprint density at radius 1 is 1.73 bits per heavy atom. The van der Waals surface area contributed by atoms with Crippen LogP contribution in [0.1, 0.15) is 12.8 Å². The summed E-state index contributed by atoms with van der Waals surface area (Å²) in [6.45, 7) is 1.66. The summed E-state index contributed by atoms with van der Waals surface area (Å²) in [6.07, 6.45) is 1.08. The van der Waals surface area contributed by atoms with Gasteiger partial charge >= 0.3 is 5.97 Å². The number of nitrogens with one attached hydrogen (secondary N) is 1. The first-order valence-corrected chi connectivity index (χ1v) is 3.88. The van der Waals surface area contributed by atoms with E-state index >= 15 is 0 Å². The lowest BCUT2D eigenvalue weighted by atomic mass is 9.91. The number of carboxylic acids is 1. The van der Waals surface area contributed by atoms with E-state index in [4.69, 9.17) is 10.8 Å². The normalized spacial score (nSPS) is 31.7. The minimum absolute atomic E-state index is 0.0624. The number of rotatable bonds is 2. The fourth-order valence-electron chi connectivity index (χ4n) is 1.39. The van der Waals surface area contributed by atoms with Crippen LogP contribution >= 0.6 is 0 Å². The highest BCUT2D eigenvalue weighted by Crippen LogP contribution is 2.12. The first kappa shape index (κ1) is 8.49. The lowest BCUT2D eigenvalue weighted by Gasteiger charge is -2.27. The average molecular weight is 158 g/mol. The quantitative estimate of drug-likeness (QED) is 0.501. The predicted molar refractivity (Wildman–Crippen MR) is 41.2 cm³/mol. The van der Waals surface area contributed by atoms with Crippen LogP contribution in [-0.4, -0.2) is 30.2 Å². The number of hydrogen-bond donors (Lipinski definition) is 3. The van der Waals surface area contributed by atoms with Crippen LogP contribution in [0.15, 0.2) is 0 Å². The van der Waals surface area contributed by atoms with E-state index in [0.29, 0.717) is 0 Å². The Balaban J connectivity index is 2.35. The third kappa shape index (κ3) is 2.48. The molecule has 0 aromatic carbocycles. The molecule has 1 aliphatic heterocycles. The van der Waals surface area contributed by atoms with Crippen LogP contribution in [0.25, 0.3) is 0 Å². The van der Waals surface area contributed by atoms with Gasteiger partial charge in [0.1, 0.15) is 0 Å². The van der Waals surface area contributed by atoms with Crippen molar-refractivity contribution >= 4 is 5.97 Å². The molecule has 4 N–H and O–H groups in total. The Hall–Kier alpha value is -0.610. The summed E-state index contributed by atoms with van der Waals surface area (Å²) in [4.78, 5) is 10.3. The zero-order valence-electron chi connectivity index (χ0n) is 6.42. The van der Waals surface area contributed by atoms with Gasteiger partial charge in [0.15, 0.2) is 0 Å². The van der Waals surface area contributed by atoms with Crippen LogP contribution in [0.5, 0.6) is 0 Å². The second-order valence-corrected chi connectivity index (χ2v) is 3.01. The van der Waals surface area contributed by atoms with E-state index in [9.17, 15) is 4.79 Å². The van der Waals surface area contributed by atoms with Crippen LogP contribution in [-0.2, 0) is 4.79 Å². The van der Waals surface area contributed by atoms with Crippen molar-refractivity contribution in [2.75, 3.05) is 13.1 Å². The van der Waals surface area contributed by atoms with Crippen LogP contribution in [0.2, 0.25) is 0 Å². The van der Waals surface area contributed by atoms with Crippen molar-refractivity contribution in [1.82, 2.24) is 5.32 Å². The molecule has 4 nitrogen and oxygen atoms in total. The van der Waals surface area contributed by atoms with Crippen LogP contribution in [0.4, 0.5) is 0 Å². The van der Waals surface area contributed by atoms with E-state index in [0.717, 1.165) is 19.5 Å². The molecule has 0 saturated carbocycles. The van der Waals surface area contributed by atoms with Gasteiger partial charge in [-0.3, -0.25) is 4.79 Å². The molecule has 0 aromatic rings. The van der Waals surface area contributed by atoms with Gasteiger partial charge in [0, 0.05) is 6.04 Å². The second kappa shape index (κ2) is 3.69. The van der Waals surface area contributed by atoms with E-state index < -0.39 is 5.97 Å². The summed E-state index contributed by atoms with van der Waals surface area (Å²) in [5.74, 6) is -0.643. The molecule has 1 rings (SSSR count). The molecule has 64 valence electrons. The molecule has 0 radical (unpaired) electrons. The van der Waals surface area contributed by atoms with Crippen molar-refractivity contribution in [3.63, 3.8) is 0 Å². The molecule has 1 fully saturated rings. The van der Waals surface area contributed by atoms with Crippen molar-refractivity contribution in [2.45, 2.75) is 18.9 Å². The number of nitrogens with two attached hydrogens (primary N) is 1. The van der Waals surface area contributed by atoms with E-state index in [1.54, 1.807) is 0 Å². The number of hydrogen-bond acceptors (Lipinski definition) is 3. The lowest BCUT2D eigenvalue weighted by Crippen LogP contribution is -2.45. The molecule has 1 heterocycles. The molecule has 1 aliphatic rings. The lowest BCUT2D eigenvalue weighted by molar-refractivity contribution is -0.138. The van der Waals surface area contributed by atoms with Crippen LogP contribution in [0.3, 0.4) is 0 Å². The summed E-state index contributed by atoms with van der Waals surface area (Å²) < 4.78 is 0. The van der Waals surface area contributed by atoms with Crippen molar-refractivity contribution in [1.29, 1.82) is 0 Å². The molecule has 0 aromatic heterocycles. The standard InChI is InChI=1S/C7H14N2O2/c8-6-1-2-9-4-5(6)3-7(10)11/h5-6,9H,1-4,8H2,(H,10,11)/t5-,6+/m0/s1. The van der Waals surface area contributed by atoms with Gasteiger partial charge in [-0.05, 0) is 25.4 Å². The maximum absolute atomic E-state index is 10.3. The van der Waals surface area contributed by atoms with Gasteiger partial charge in [0.05, 0.1) is 6.42 Å². The Bertz CT molecular complexity index is 149. The number of carboxylic acid groups (broad SMARTS) is 1. The maximum Gasteiger partial charge on any atom is 0.303 e. The summed E-state index contributed by atoms with van der Waals surface area (Å²) in [7, 11) is 0. The summed E-state index contributed by atoms with van der Waals surface area (Å²) in [5, 5.41) is 11.6. The molecule has 4 heteroatoms. The fraction of sp³-hybridized carbons (Fsp3) is 0.857. The number of carbonyl (C=O) groups is 1. The van der Waals surface area contributed by atoms with E-state index in [1.165, 1.54) is 0 Å². The number of aliphatic carboxylic acids is 1. The maximum atomic E-state index is 10.3. The summed E-state index contributed by atoms with van der Waals surface area (Å²) in [6, 6.07) is 0.0624. The molecule has 0 bridgehead atoms. The molecule has 2 atom stereocenters. The highest BCUT2D eigenvalue weighted by molar-refractivity contribution is 5.67. The van der Waals surface area contributed by atoms with Gasteiger partial charge in [-0.25, -0.2) is 0 Å². The smallest absolute Gasteiger partial charge is 0.303 e. The predicted octanol–water partition coefficient (Wildman–Crippen LogP) is -0.602. The SMILES string of the molecule is N[C@@H]1CCNC[C@@H]1CC(=O)O. The molecule has 0 aliphatic carbocycles. The van der Waals surface area contributed by atoms with Gasteiger partial charge in [-0.1, -0.05) is 0 Å². The average Bonchev–Trinajstić information content (AvgIpc) is 1.93. The third-order valence-electron chi connectivity index (χ3n) is 2.10. The van der Waals surface area contributed by atoms with Crippen molar-refractivity contribution in [3.05, 3.63) is 0 Å². The fourth-order valence-corrected chi connectivity index (χ4v) is 1.39. The van der Waals surface area contributed by atoms with Gasteiger partial charge in [-0.2, -0.15) is 0 Å². The highest BCUT2D eigenvalue weighted by atomic mass is 16.4. The second-order valence-electron chi connectivity index (χ2n) is 3.01. The molecular weight excluding hydrogens is 144 g/mol. The van der Waals surface area contributed by atoms with Crippen molar-refractivity contribution in [2.24, 2.45) is 11.7 Å². The van der Waals surface area contributed by atoms with Crippen molar-refractivity contribution in [3.8, 4) is 0 Å². The van der Waals surface area contributed by atoms with Gasteiger partial charge in [-0.15, -0.1) is 0 Å². The monoisotopic (exact) mass is 158 g/mol. The van der Waals surface area contributed by atoms with E-state index in [1.807, 2.05) is 0 Å². The first-order chi connectivity index (χ1) is 5.20. The molecule has 0 amide bonds. The minimum atomic E-state index is -0.755. The zero-order chi connectivity index (χ0) is 8.27. The largest absolute Gasteiger partial charge is 0.481 e. The van der Waals surface area contributed by atoms with Gasteiger partial charge < -0.3 is 16.2 Å². The van der Waals surface area contributed by atoms with Gasteiger partial charge in [0.25, 0.3) is 0 Å². The van der Waals surface area contributed by atoms with Crippen LogP contribution in [0, 0.1) is 5.92 Å². The Labute approximate surface area is 65.8 Å². The Kier molecular flexibility index (Phi) is 2.84. The first-order valence-electron chi connectivity index (χ1n) is 3.88. The molecular formula is C7H14N2O2. The third-order valence-corrected chi connectivity index (χ3v) is 2.10. The topological polar surface area (TPSA) is 75.3 Å². The summed E-state index contributed by atoms with van der Waals surface area (Å²) >= 11 is 0. The number of piperidine rings is 1. The summed E-state index contributed by atoms with van der Waals surface area (Å²) in [5.41, 5.74) is 5.72. The van der Waals surface area contributed by atoms with E-state index in [-0.39, 0.29) is 18.4 Å². The van der Waals surface area contributed by atoms with Crippen LogP contribution < -0.4 is 11.1 Å². The molecule has 0 unspecified atom stereocenters. The molecule has 1 saturated heterocycles. The Morgan fingerprint density at radius 2 is 2.45 bits per heavy atom.